The lowest BCUT2D eigenvalue weighted by Crippen LogP contribution is -2.40. The van der Waals surface area contributed by atoms with Gasteiger partial charge in [0.1, 0.15) is 5.82 Å². The van der Waals surface area contributed by atoms with E-state index in [9.17, 15) is 4.79 Å². The SMILES string of the molecule is C#CC[C@@H](CO)NC(=O)Nc1cccc(C)n1. The summed E-state index contributed by atoms with van der Waals surface area (Å²) in [5, 5.41) is 14.1. The van der Waals surface area contributed by atoms with E-state index in [4.69, 9.17) is 11.5 Å². The van der Waals surface area contributed by atoms with Crippen LogP contribution in [-0.4, -0.2) is 28.8 Å². The van der Waals surface area contributed by atoms with Gasteiger partial charge < -0.3 is 10.4 Å². The normalized spacial score (nSPS) is 11.4. The van der Waals surface area contributed by atoms with Crippen LogP contribution in [0.3, 0.4) is 0 Å². The van der Waals surface area contributed by atoms with E-state index in [2.05, 4.69) is 21.5 Å². The van der Waals surface area contributed by atoms with Crippen LogP contribution >= 0.6 is 0 Å². The Balaban J connectivity index is 2.52. The number of nitrogens with zero attached hydrogens (tertiary/aromatic N) is 1. The molecule has 1 aromatic heterocycles. The fourth-order valence-corrected chi connectivity index (χ4v) is 1.25. The first-order chi connectivity index (χ1) is 8.15. The second-order valence-electron chi connectivity index (χ2n) is 3.55. The van der Waals surface area contributed by atoms with Crippen LogP contribution in [0.2, 0.25) is 0 Å². The Bertz CT molecular complexity index is 426. The third-order valence-corrected chi connectivity index (χ3v) is 2.05. The number of rotatable bonds is 4. The van der Waals surface area contributed by atoms with E-state index >= 15 is 0 Å². The molecule has 1 aromatic rings. The maximum atomic E-state index is 11.5. The fourth-order valence-electron chi connectivity index (χ4n) is 1.25. The van der Waals surface area contributed by atoms with Gasteiger partial charge in [-0.2, -0.15) is 0 Å². The van der Waals surface area contributed by atoms with E-state index in [0.29, 0.717) is 5.82 Å². The summed E-state index contributed by atoms with van der Waals surface area (Å²) in [6.45, 7) is 1.64. The van der Waals surface area contributed by atoms with Gasteiger partial charge in [-0.15, -0.1) is 12.3 Å². The number of aliphatic hydroxyl groups is 1. The van der Waals surface area contributed by atoms with Crippen molar-refractivity contribution >= 4 is 11.8 Å². The molecule has 0 aliphatic heterocycles. The molecule has 1 rings (SSSR count). The number of carbonyl (C=O) groups excluding carboxylic acids is 1. The maximum absolute atomic E-state index is 11.5. The van der Waals surface area contributed by atoms with Crippen molar-refractivity contribution in [1.29, 1.82) is 0 Å². The van der Waals surface area contributed by atoms with Crippen LogP contribution in [0.15, 0.2) is 18.2 Å². The summed E-state index contributed by atoms with van der Waals surface area (Å²) in [6.07, 6.45) is 5.39. The third-order valence-electron chi connectivity index (χ3n) is 2.05. The average Bonchev–Trinajstić information content (AvgIpc) is 2.28. The Hall–Kier alpha value is -2.06. The summed E-state index contributed by atoms with van der Waals surface area (Å²) in [5.74, 6) is 2.84. The van der Waals surface area contributed by atoms with Crippen molar-refractivity contribution < 1.29 is 9.90 Å². The molecule has 3 N–H and O–H groups in total. The standard InChI is InChI=1S/C12H15N3O2/c1-3-5-10(8-16)14-12(17)15-11-7-4-6-9(2)13-11/h1,4,6-7,10,16H,5,8H2,2H3,(H2,13,14,15,17)/t10-/m0/s1. The van der Waals surface area contributed by atoms with Crippen molar-refractivity contribution in [3.05, 3.63) is 23.9 Å². The minimum absolute atomic E-state index is 0.196. The highest BCUT2D eigenvalue weighted by atomic mass is 16.3. The first kappa shape index (κ1) is 13.0. The lowest BCUT2D eigenvalue weighted by molar-refractivity contribution is 0.225. The van der Waals surface area contributed by atoms with Gasteiger partial charge >= 0.3 is 6.03 Å². The molecule has 0 saturated heterocycles. The predicted molar refractivity (Wildman–Crippen MR) is 65.5 cm³/mol. The lowest BCUT2D eigenvalue weighted by Gasteiger charge is -2.14. The number of hydrogen-bond donors (Lipinski definition) is 3. The minimum atomic E-state index is -0.440. The number of carbonyl (C=O) groups is 1. The summed E-state index contributed by atoms with van der Waals surface area (Å²) < 4.78 is 0. The molecule has 0 aliphatic carbocycles. The van der Waals surface area contributed by atoms with Gasteiger partial charge in [-0.1, -0.05) is 6.07 Å². The van der Waals surface area contributed by atoms with Crippen molar-refractivity contribution in [2.24, 2.45) is 0 Å². The highest BCUT2D eigenvalue weighted by molar-refractivity contribution is 5.88. The topological polar surface area (TPSA) is 74.2 Å². The molecular weight excluding hydrogens is 218 g/mol. The number of aromatic nitrogens is 1. The lowest BCUT2D eigenvalue weighted by atomic mass is 10.2. The Labute approximate surface area is 100 Å². The smallest absolute Gasteiger partial charge is 0.320 e. The molecule has 5 nitrogen and oxygen atoms in total. The number of urea groups is 1. The molecule has 17 heavy (non-hydrogen) atoms. The monoisotopic (exact) mass is 233 g/mol. The highest BCUT2D eigenvalue weighted by Gasteiger charge is 2.10. The summed E-state index contributed by atoms with van der Waals surface area (Å²) >= 11 is 0. The number of amides is 2. The molecule has 0 fully saturated rings. The van der Waals surface area contributed by atoms with Crippen LogP contribution in [-0.2, 0) is 0 Å². The van der Waals surface area contributed by atoms with Gasteiger partial charge in [-0.3, -0.25) is 5.32 Å². The summed E-state index contributed by atoms with van der Waals surface area (Å²) in [4.78, 5) is 15.6. The van der Waals surface area contributed by atoms with Gasteiger partial charge in [0.15, 0.2) is 0 Å². The van der Waals surface area contributed by atoms with Gasteiger partial charge in [0.25, 0.3) is 0 Å². The summed E-state index contributed by atoms with van der Waals surface area (Å²) in [6, 6.07) is 4.44. The third kappa shape index (κ3) is 4.53. The van der Waals surface area contributed by atoms with E-state index in [-0.39, 0.29) is 13.0 Å². The van der Waals surface area contributed by atoms with E-state index in [1.165, 1.54) is 0 Å². The van der Waals surface area contributed by atoms with Crippen LogP contribution < -0.4 is 10.6 Å². The largest absolute Gasteiger partial charge is 0.394 e. The van der Waals surface area contributed by atoms with E-state index in [0.717, 1.165) is 5.69 Å². The molecule has 1 atom stereocenters. The van der Waals surface area contributed by atoms with Crippen molar-refractivity contribution in [2.45, 2.75) is 19.4 Å². The van der Waals surface area contributed by atoms with Crippen LogP contribution in [0.4, 0.5) is 10.6 Å². The number of aliphatic hydroxyl groups excluding tert-OH is 1. The molecule has 0 aliphatic rings. The molecule has 0 spiro atoms. The molecule has 1 heterocycles. The molecule has 90 valence electrons. The molecule has 0 bridgehead atoms. The molecule has 0 unspecified atom stereocenters. The first-order valence-electron chi connectivity index (χ1n) is 5.21. The zero-order chi connectivity index (χ0) is 12.7. The van der Waals surface area contributed by atoms with E-state index < -0.39 is 12.1 Å². The zero-order valence-electron chi connectivity index (χ0n) is 9.60. The summed E-state index contributed by atoms with van der Waals surface area (Å²) in [7, 11) is 0. The van der Waals surface area contributed by atoms with Crippen molar-refractivity contribution in [3.63, 3.8) is 0 Å². The van der Waals surface area contributed by atoms with Crippen molar-refractivity contribution in [1.82, 2.24) is 10.3 Å². The number of hydrogen-bond acceptors (Lipinski definition) is 3. The van der Waals surface area contributed by atoms with Crippen molar-refractivity contribution in [2.75, 3.05) is 11.9 Å². The number of aryl methyl sites for hydroxylation is 1. The van der Waals surface area contributed by atoms with Gasteiger partial charge in [0.05, 0.1) is 12.6 Å². The van der Waals surface area contributed by atoms with Gasteiger partial charge in [-0.25, -0.2) is 9.78 Å². The molecule has 2 amide bonds. The van der Waals surface area contributed by atoms with Crippen molar-refractivity contribution in [3.8, 4) is 12.3 Å². The zero-order valence-corrected chi connectivity index (χ0v) is 9.60. The Morgan fingerprint density at radius 3 is 3.00 bits per heavy atom. The molecule has 0 radical (unpaired) electrons. The maximum Gasteiger partial charge on any atom is 0.320 e. The number of anilines is 1. The Morgan fingerprint density at radius 2 is 2.41 bits per heavy atom. The molecular formula is C12H15N3O2. The average molecular weight is 233 g/mol. The number of nitrogens with one attached hydrogen (secondary N) is 2. The summed E-state index contributed by atoms with van der Waals surface area (Å²) in [5.41, 5.74) is 0.810. The van der Waals surface area contributed by atoms with Gasteiger partial charge in [0, 0.05) is 12.1 Å². The quantitative estimate of drug-likeness (QED) is 0.676. The van der Waals surface area contributed by atoms with Crippen LogP contribution in [0.25, 0.3) is 0 Å². The molecule has 0 saturated carbocycles. The number of pyridine rings is 1. The van der Waals surface area contributed by atoms with Crippen LogP contribution in [0.1, 0.15) is 12.1 Å². The minimum Gasteiger partial charge on any atom is -0.394 e. The van der Waals surface area contributed by atoms with Crippen LogP contribution in [0, 0.1) is 19.3 Å². The fraction of sp³-hybridized carbons (Fsp3) is 0.333. The van der Waals surface area contributed by atoms with Crippen LogP contribution in [0.5, 0.6) is 0 Å². The van der Waals surface area contributed by atoms with E-state index in [1.54, 1.807) is 12.1 Å². The molecule has 0 aromatic carbocycles. The Morgan fingerprint density at radius 1 is 1.65 bits per heavy atom. The van der Waals surface area contributed by atoms with Gasteiger partial charge in [-0.05, 0) is 19.1 Å². The Kier molecular flexibility index (Phi) is 4.98. The molecule has 5 heteroatoms. The predicted octanol–water partition coefficient (Wildman–Crippen LogP) is 0.896. The van der Waals surface area contributed by atoms with Gasteiger partial charge in [0.2, 0.25) is 0 Å². The second kappa shape index (κ2) is 6.51. The number of terminal acetylenes is 1. The first-order valence-corrected chi connectivity index (χ1v) is 5.21. The van der Waals surface area contributed by atoms with E-state index in [1.807, 2.05) is 13.0 Å². The second-order valence-corrected chi connectivity index (χ2v) is 3.55. The highest BCUT2D eigenvalue weighted by Crippen LogP contribution is 2.03.